The van der Waals surface area contributed by atoms with Crippen molar-refractivity contribution in [2.75, 3.05) is 18.4 Å². The fourth-order valence-electron chi connectivity index (χ4n) is 2.84. The van der Waals surface area contributed by atoms with Gasteiger partial charge in [-0.15, -0.1) is 0 Å². The molecule has 8 heteroatoms. The number of halogens is 2. The zero-order chi connectivity index (χ0) is 19.3. The van der Waals surface area contributed by atoms with Crippen LogP contribution in [0, 0.1) is 5.92 Å². The zero-order valence-corrected chi connectivity index (χ0v) is 15.6. The minimum Gasteiger partial charge on any atom is -0.342 e. The lowest BCUT2D eigenvalue weighted by atomic mass is 10.0. The number of hydrogen-bond donors (Lipinski definition) is 2. The molecular weight excluding hydrogens is 361 g/mol. The molecule has 3 amide bonds. The molecule has 0 unspecified atom stereocenters. The number of urea groups is 1. The number of carbonyl (C=O) groups is 3. The summed E-state index contributed by atoms with van der Waals surface area (Å²) in [4.78, 5) is 36.8. The molecule has 0 bridgehead atoms. The first-order valence-corrected chi connectivity index (χ1v) is 9.05. The van der Waals surface area contributed by atoms with Crippen LogP contribution in [0.5, 0.6) is 0 Å². The number of piperidine rings is 1. The summed E-state index contributed by atoms with van der Waals surface area (Å²) in [6, 6.07) is 1.89. The fraction of sp³-hybridized carbons (Fsp3) is 0.500. The molecule has 0 radical (unpaired) electrons. The molecule has 0 saturated carbocycles. The third-order valence-corrected chi connectivity index (χ3v) is 4.93. The Morgan fingerprint density at radius 2 is 1.96 bits per heavy atom. The highest BCUT2D eigenvalue weighted by Gasteiger charge is 2.26. The summed E-state index contributed by atoms with van der Waals surface area (Å²) in [5, 5.41) is 5.40. The van der Waals surface area contributed by atoms with Crippen LogP contribution in [-0.4, -0.2) is 42.0 Å². The van der Waals surface area contributed by atoms with Crippen molar-refractivity contribution in [3.05, 3.63) is 28.8 Å². The van der Waals surface area contributed by atoms with E-state index in [1.165, 1.54) is 18.2 Å². The molecule has 1 atom stereocenters. The molecule has 6 nitrogen and oxygen atoms in total. The molecule has 1 saturated heterocycles. The lowest BCUT2D eigenvalue weighted by molar-refractivity contribution is -0.136. The molecule has 0 aromatic heterocycles. The van der Waals surface area contributed by atoms with Gasteiger partial charge in [-0.3, -0.25) is 9.59 Å². The quantitative estimate of drug-likeness (QED) is 0.762. The normalized spacial score (nSPS) is 16.1. The molecule has 1 aliphatic heterocycles. The number of amides is 3. The Morgan fingerprint density at radius 1 is 1.31 bits per heavy atom. The number of hydrogen-bond acceptors (Lipinski definition) is 3. The number of anilines is 1. The van der Waals surface area contributed by atoms with Crippen LogP contribution >= 0.6 is 11.6 Å². The van der Waals surface area contributed by atoms with E-state index >= 15 is 0 Å². The third-order valence-electron chi connectivity index (χ3n) is 4.61. The number of rotatable bonds is 5. The second kappa shape index (κ2) is 8.98. The van der Waals surface area contributed by atoms with E-state index in [4.69, 9.17) is 11.6 Å². The predicted octanol–water partition coefficient (Wildman–Crippen LogP) is 3.61. The van der Waals surface area contributed by atoms with Crippen LogP contribution in [0.1, 0.15) is 43.5 Å². The van der Waals surface area contributed by atoms with Crippen LogP contribution in [0.4, 0.5) is 14.9 Å². The van der Waals surface area contributed by atoms with E-state index in [1.807, 2.05) is 18.7 Å². The highest BCUT2D eigenvalue weighted by molar-refractivity contribution is 6.33. The maximum Gasteiger partial charge on any atom is 0.333 e. The molecule has 2 rings (SSSR count). The average molecular weight is 384 g/mol. The van der Waals surface area contributed by atoms with Crippen molar-refractivity contribution in [1.29, 1.82) is 0 Å². The van der Waals surface area contributed by atoms with Crippen LogP contribution in [0.3, 0.4) is 0 Å². The van der Waals surface area contributed by atoms with Gasteiger partial charge in [-0.25, -0.2) is 4.79 Å². The number of benzene rings is 1. The van der Waals surface area contributed by atoms with Gasteiger partial charge in [0.15, 0.2) is 0 Å². The van der Waals surface area contributed by atoms with Crippen LogP contribution in [-0.2, 0) is 4.79 Å². The summed E-state index contributed by atoms with van der Waals surface area (Å²) in [5.74, 6) is 0.180. The maximum absolute atomic E-state index is 12.7. The van der Waals surface area contributed by atoms with Crippen molar-refractivity contribution in [3.63, 3.8) is 0 Å². The first-order valence-electron chi connectivity index (χ1n) is 8.67. The van der Waals surface area contributed by atoms with Crippen molar-refractivity contribution in [1.82, 2.24) is 10.2 Å². The van der Waals surface area contributed by atoms with Gasteiger partial charge in [-0.2, -0.15) is 4.39 Å². The summed E-state index contributed by atoms with van der Waals surface area (Å²) in [6.07, 6.45) is 2.19. The van der Waals surface area contributed by atoms with E-state index in [0.717, 1.165) is 6.42 Å². The highest BCUT2D eigenvalue weighted by atomic mass is 35.5. The van der Waals surface area contributed by atoms with Gasteiger partial charge < -0.3 is 15.5 Å². The van der Waals surface area contributed by atoms with Crippen molar-refractivity contribution in [2.45, 2.75) is 39.2 Å². The van der Waals surface area contributed by atoms with E-state index in [-0.39, 0.29) is 28.5 Å². The van der Waals surface area contributed by atoms with Gasteiger partial charge in [0.2, 0.25) is 5.91 Å². The van der Waals surface area contributed by atoms with E-state index in [0.29, 0.717) is 31.6 Å². The Hall–Kier alpha value is -2.15. The van der Waals surface area contributed by atoms with E-state index < -0.39 is 12.1 Å². The third kappa shape index (κ3) is 5.17. The van der Waals surface area contributed by atoms with Crippen molar-refractivity contribution in [3.8, 4) is 0 Å². The number of likely N-dealkylation sites (tertiary alicyclic amines) is 1. The van der Waals surface area contributed by atoms with Crippen LogP contribution < -0.4 is 10.6 Å². The Morgan fingerprint density at radius 3 is 2.50 bits per heavy atom. The van der Waals surface area contributed by atoms with E-state index in [2.05, 4.69) is 10.6 Å². The van der Waals surface area contributed by atoms with Gasteiger partial charge in [0.25, 0.3) is 0 Å². The van der Waals surface area contributed by atoms with Gasteiger partial charge in [-0.05, 0) is 37.5 Å². The summed E-state index contributed by atoms with van der Waals surface area (Å²) >= 11 is 5.81. The Bertz CT molecular complexity index is 690. The molecule has 26 heavy (non-hydrogen) atoms. The predicted molar refractivity (Wildman–Crippen MR) is 98.1 cm³/mol. The number of carbonyl (C=O) groups excluding carboxylic acids is 3. The molecule has 0 aliphatic carbocycles. The summed E-state index contributed by atoms with van der Waals surface area (Å²) in [7, 11) is 0. The average Bonchev–Trinajstić information content (AvgIpc) is 2.60. The monoisotopic (exact) mass is 383 g/mol. The first-order chi connectivity index (χ1) is 12.3. The molecule has 1 heterocycles. The Balaban J connectivity index is 1.83. The SMILES string of the molecule is CC[C@H](C)C(=O)N1CCC(NC(=O)Nc2ccc(C(=O)F)c(Cl)c2)CC1. The smallest absolute Gasteiger partial charge is 0.333 e. The van der Waals surface area contributed by atoms with Crippen molar-refractivity contribution < 1.29 is 18.8 Å². The summed E-state index contributed by atoms with van der Waals surface area (Å²) in [6.45, 7) is 5.15. The van der Waals surface area contributed by atoms with Gasteiger partial charge in [0.05, 0.1) is 10.6 Å². The number of nitrogens with zero attached hydrogens (tertiary/aromatic N) is 1. The van der Waals surface area contributed by atoms with Gasteiger partial charge in [0.1, 0.15) is 0 Å². The standard InChI is InChI=1S/C18H23ClFN3O3/c1-3-11(2)17(25)23-8-6-12(7-9-23)21-18(26)22-13-4-5-14(16(20)24)15(19)10-13/h4-5,10-12H,3,6-9H2,1-2H3,(H2,21,22,26)/t11-/m0/s1. The second-order valence-corrected chi connectivity index (χ2v) is 6.88. The van der Waals surface area contributed by atoms with Gasteiger partial charge in [0, 0.05) is 30.7 Å². The summed E-state index contributed by atoms with van der Waals surface area (Å²) in [5.41, 5.74) is 0.123. The molecule has 1 fully saturated rings. The van der Waals surface area contributed by atoms with Gasteiger partial charge in [-0.1, -0.05) is 25.4 Å². The molecular formula is C18H23ClFN3O3. The van der Waals surface area contributed by atoms with Crippen LogP contribution in [0.2, 0.25) is 5.02 Å². The zero-order valence-electron chi connectivity index (χ0n) is 14.9. The molecule has 1 aliphatic rings. The van der Waals surface area contributed by atoms with Crippen molar-refractivity contribution in [2.24, 2.45) is 5.92 Å². The largest absolute Gasteiger partial charge is 0.342 e. The minimum atomic E-state index is -1.62. The Labute approximate surface area is 157 Å². The molecule has 2 N–H and O–H groups in total. The van der Waals surface area contributed by atoms with Gasteiger partial charge >= 0.3 is 12.1 Å². The van der Waals surface area contributed by atoms with E-state index in [1.54, 1.807) is 0 Å². The van der Waals surface area contributed by atoms with Crippen molar-refractivity contribution >= 4 is 35.3 Å². The second-order valence-electron chi connectivity index (χ2n) is 6.48. The fourth-order valence-corrected chi connectivity index (χ4v) is 3.09. The lowest BCUT2D eigenvalue weighted by Gasteiger charge is -2.33. The maximum atomic E-state index is 12.7. The Kier molecular flexibility index (Phi) is 6.97. The minimum absolute atomic E-state index is 0.0201. The molecule has 1 aromatic rings. The van der Waals surface area contributed by atoms with E-state index in [9.17, 15) is 18.8 Å². The number of nitrogens with one attached hydrogen (secondary N) is 2. The van der Waals surface area contributed by atoms with Crippen LogP contribution in [0.15, 0.2) is 18.2 Å². The molecule has 1 aromatic carbocycles. The lowest BCUT2D eigenvalue weighted by Crippen LogP contribution is -2.48. The first kappa shape index (κ1) is 20.2. The highest BCUT2D eigenvalue weighted by Crippen LogP contribution is 2.22. The molecule has 142 valence electrons. The van der Waals surface area contributed by atoms with Crippen LogP contribution in [0.25, 0.3) is 0 Å². The molecule has 0 spiro atoms. The topological polar surface area (TPSA) is 78.5 Å². The summed E-state index contributed by atoms with van der Waals surface area (Å²) < 4.78 is 12.7.